The molecule has 0 aliphatic heterocycles. The quantitative estimate of drug-likeness (QED) is 0.876. The molecule has 0 aliphatic carbocycles. The maximum atomic E-state index is 4.42. The molecule has 0 saturated heterocycles. The molecule has 0 radical (unpaired) electrons. The van der Waals surface area contributed by atoms with E-state index in [1.54, 1.807) is 10.9 Å². The van der Waals surface area contributed by atoms with E-state index in [9.17, 15) is 0 Å². The highest BCUT2D eigenvalue weighted by Crippen LogP contribution is 2.09. The molecule has 0 saturated carbocycles. The van der Waals surface area contributed by atoms with Crippen LogP contribution in [0.15, 0.2) is 24.5 Å². The van der Waals surface area contributed by atoms with Gasteiger partial charge in [-0.15, -0.1) is 5.10 Å². The van der Waals surface area contributed by atoms with Crippen molar-refractivity contribution >= 4 is 5.82 Å². The maximum absolute atomic E-state index is 4.42. The van der Waals surface area contributed by atoms with Crippen molar-refractivity contribution in [3.63, 3.8) is 0 Å². The highest BCUT2D eigenvalue weighted by Gasteiger charge is 2.04. The summed E-state index contributed by atoms with van der Waals surface area (Å²) in [5, 5.41) is 7.75. The van der Waals surface area contributed by atoms with Gasteiger partial charge in [-0.2, -0.15) is 0 Å². The van der Waals surface area contributed by atoms with Crippen molar-refractivity contribution in [3.8, 4) is 5.82 Å². The first-order valence-corrected chi connectivity index (χ1v) is 5.81. The second-order valence-electron chi connectivity index (χ2n) is 4.06. The van der Waals surface area contributed by atoms with Crippen LogP contribution >= 0.6 is 0 Å². The lowest BCUT2D eigenvalue weighted by Crippen LogP contribution is -2.14. The lowest BCUT2D eigenvalue weighted by Gasteiger charge is -2.09. The van der Waals surface area contributed by atoms with Crippen LogP contribution in [0.2, 0.25) is 0 Å². The molecule has 0 aliphatic rings. The van der Waals surface area contributed by atoms with E-state index in [0.717, 1.165) is 23.9 Å². The number of nitrogens with one attached hydrogen (secondary N) is 1. The first-order valence-electron chi connectivity index (χ1n) is 5.81. The van der Waals surface area contributed by atoms with Gasteiger partial charge in [0.2, 0.25) is 0 Å². The molecular formula is C12H17N5. The number of hydrogen-bond acceptors (Lipinski definition) is 4. The summed E-state index contributed by atoms with van der Waals surface area (Å²) in [5.41, 5.74) is 0. The molecule has 0 amide bonds. The van der Waals surface area contributed by atoms with E-state index in [-0.39, 0.29) is 0 Å². The third kappa shape index (κ3) is 2.81. The molecule has 5 heteroatoms. The summed E-state index contributed by atoms with van der Waals surface area (Å²) < 4.78 is 1.75. The third-order valence-corrected chi connectivity index (χ3v) is 2.59. The van der Waals surface area contributed by atoms with Crippen molar-refractivity contribution in [2.24, 2.45) is 0 Å². The Kier molecular flexibility index (Phi) is 3.37. The Morgan fingerprint density at radius 1 is 1.41 bits per heavy atom. The van der Waals surface area contributed by atoms with Gasteiger partial charge in [-0.1, -0.05) is 6.92 Å². The second kappa shape index (κ2) is 4.95. The largest absolute Gasteiger partial charge is 0.366 e. The van der Waals surface area contributed by atoms with Crippen molar-refractivity contribution < 1.29 is 0 Å². The minimum atomic E-state index is 0.422. The first kappa shape index (κ1) is 11.6. The van der Waals surface area contributed by atoms with Gasteiger partial charge in [-0.3, -0.25) is 0 Å². The Labute approximate surface area is 101 Å². The average Bonchev–Trinajstić information content (AvgIpc) is 2.77. The van der Waals surface area contributed by atoms with Gasteiger partial charge in [0.05, 0.1) is 0 Å². The van der Waals surface area contributed by atoms with Crippen molar-refractivity contribution in [2.45, 2.75) is 33.2 Å². The van der Waals surface area contributed by atoms with Gasteiger partial charge in [0.25, 0.3) is 0 Å². The zero-order chi connectivity index (χ0) is 12.3. The lowest BCUT2D eigenvalue weighted by molar-refractivity contribution is 0.749. The summed E-state index contributed by atoms with van der Waals surface area (Å²) in [5.74, 6) is 2.40. The normalized spacial score (nSPS) is 12.4. The fraction of sp³-hybridized carbons (Fsp3) is 0.417. The van der Waals surface area contributed by atoms with Crippen LogP contribution in [0.1, 0.15) is 26.1 Å². The van der Waals surface area contributed by atoms with Crippen LogP contribution in [0.5, 0.6) is 0 Å². The van der Waals surface area contributed by atoms with Gasteiger partial charge >= 0.3 is 0 Å². The minimum absolute atomic E-state index is 0.422. The predicted molar refractivity (Wildman–Crippen MR) is 67.3 cm³/mol. The number of hydrogen-bond donors (Lipinski definition) is 1. The lowest BCUT2D eigenvalue weighted by atomic mass is 10.3. The van der Waals surface area contributed by atoms with Gasteiger partial charge in [0.1, 0.15) is 11.6 Å². The highest BCUT2D eigenvalue weighted by molar-refractivity contribution is 5.35. The number of aromatic nitrogens is 4. The number of anilines is 1. The standard InChI is InChI=1S/C12H17N5/c1-4-9(2)14-11-6-8-17(16-11)12-5-7-13-10(3)15-12/h5-9H,4H2,1-3H3,(H,14,16). The zero-order valence-electron chi connectivity index (χ0n) is 10.4. The Morgan fingerprint density at radius 2 is 2.24 bits per heavy atom. The molecule has 2 heterocycles. The smallest absolute Gasteiger partial charge is 0.157 e. The van der Waals surface area contributed by atoms with E-state index in [1.165, 1.54) is 0 Å². The Hall–Kier alpha value is -1.91. The molecule has 17 heavy (non-hydrogen) atoms. The zero-order valence-corrected chi connectivity index (χ0v) is 10.4. The molecule has 1 N–H and O–H groups in total. The monoisotopic (exact) mass is 231 g/mol. The molecule has 0 spiro atoms. The van der Waals surface area contributed by atoms with Crippen LogP contribution in [0.4, 0.5) is 5.82 Å². The average molecular weight is 231 g/mol. The summed E-state index contributed by atoms with van der Waals surface area (Å²) in [6.45, 7) is 6.14. The molecule has 0 aromatic carbocycles. The van der Waals surface area contributed by atoms with Gasteiger partial charge in [0.15, 0.2) is 5.82 Å². The maximum Gasteiger partial charge on any atom is 0.157 e. The fourth-order valence-electron chi connectivity index (χ4n) is 1.45. The molecular weight excluding hydrogens is 214 g/mol. The SMILES string of the molecule is CCC(C)Nc1ccn(-c2ccnc(C)n2)n1. The Morgan fingerprint density at radius 3 is 2.94 bits per heavy atom. The van der Waals surface area contributed by atoms with E-state index in [1.807, 2.05) is 25.3 Å². The van der Waals surface area contributed by atoms with Gasteiger partial charge in [-0.25, -0.2) is 14.6 Å². The topological polar surface area (TPSA) is 55.6 Å². The highest BCUT2D eigenvalue weighted by atomic mass is 15.3. The Bertz CT molecular complexity index is 491. The molecule has 2 aromatic rings. The summed E-state index contributed by atoms with van der Waals surface area (Å²) >= 11 is 0. The summed E-state index contributed by atoms with van der Waals surface area (Å²) in [4.78, 5) is 8.38. The molecule has 1 unspecified atom stereocenters. The van der Waals surface area contributed by atoms with E-state index >= 15 is 0 Å². The van der Waals surface area contributed by atoms with Crippen molar-refractivity contribution in [2.75, 3.05) is 5.32 Å². The van der Waals surface area contributed by atoms with E-state index in [4.69, 9.17) is 0 Å². The molecule has 2 aromatic heterocycles. The van der Waals surface area contributed by atoms with Crippen molar-refractivity contribution in [1.82, 2.24) is 19.7 Å². The molecule has 1 atom stereocenters. The van der Waals surface area contributed by atoms with Gasteiger partial charge in [-0.05, 0) is 20.3 Å². The second-order valence-corrected chi connectivity index (χ2v) is 4.06. The Balaban J connectivity index is 2.18. The number of rotatable bonds is 4. The summed E-state index contributed by atoms with van der Waals surface area (Å²) in [6, 6.07) is 4.21. The number of aryl methyl sites for hydroxylation is 1. The van der Waals surface area contributed by atoms with Gasteiger partial charge in [0, 0.05) is 30.6 Å². The molecule has 0 fully saturated rings. The van der Waals surface area contributed by atoms with Crippen molar-refractivity contribution in [1.29, 1.82) is 0 Å². The van der Waals surface area contributed by atoms with Crippen LogP contribution in [-0.4, -0.2) is 25.8 Å². The van der Waals surface area contributed by atoms with Crippen LogP contribution in [-0.2, 0) is 0 Å². The minimum Gasteiger partial charge on any atom is -0.366 e. The predicted octanol–water partition coefficient (Wildman–Crippen LogP) is 2.18. The number of nitrogens with zero attached hydrogens (tertiary/aromatic N) is 4. The molecule has 2 rings (SSSR count). The van der Waals surface area contributed by atoms with Crippen LogP contribution in [0.25, 0.3) is 5.82 Å². The molecule has 90 valence electrons. The van der Waals surface area contributed by atoms with E-state index in [0.29, 0.717) is 6.04 Å². The van der Waals surface area contributed by atoms with Crippen LogP contribution < -0.4 is 5.32 Å². The summed E-state index contributed by atoms with van der Waals surface area (Å²) in [7, 11) is 0. The van der Waals surface area contributed by atoms with E-state index < -0.39 is 0 Å². The summed E-state index contributed by atoms with van der Waals surface area (Å²) in [6.07, 6.45) is 4.70. The van der Waals surface area contributed by atoms with E-state index in [2.05, 4.69) is 34.2 Å². The van der Waals surface area contributed by atoms with Gasteiger partial charge < -0.3 is 5.32 Å². The molecule has 0 bridgehead atoms. The van der Waals surface area contributed by atoms with Crippen LogP contribution in [0.3, 0.4) is 0 Å². The van der Waals surface area contributed by atoms with Crippen molar-refractivity contribution in [3.05, 3.63) is 30.4 Å². The third-order valence-electron chi connectivity index (χ3n) is 2.59. The molecule has 5 nitrogen and oxygen atoms in total. The van der Waals surface area contributed by atoms with Crippen LogP contribution in [0, 0.1) is 6.92 Å². The fourth-order valence-corrected chi connectivity index (χ4v) is 1.45. The first-order chi connectivity index (χ1) is 8.19.